The topological polar surface area (TPSA) is 71.1 Å². The van der Waals surface area contributed by atoms with E-state index in [1.54, 1.807) is 31.3 Å². The van der Waals surface area contributed by atoms with Gasteiger partial charge in [0, 0.05) is 12.7 Å². The third kappa shape index (κ3) is 3.79. The van der Waals surface area contributed by atoms with E-state index >= 15 is 0 Å². The maximum atomic E-state index is 11.8. The molecule has 2 N–H and O–H groups in total. The fourth-order valence-electron chi connectivity index (χ4n) is 1.13. The summed E-state index contributed by atoms with van der Waals surface area (Å²) >= 11 is 0. The van der Waals surface area contributed by atoms with Crippen LogP contribution in [0.5, 0.6) is 0 Å². The van der Waals surface area contributed by atoms with E-state index in [4.69, 9.17) is 0 Å². The number of anilines is 1. The van der Waals surface area contributed by atoms with Gasteiger partial charge in [0.25, 0.3) is 0 Å². The van der Waals surface area contributed by atoms with Gasteiger partial charge in [0.1, 0.15) is 5.82 Å². The Morgan fingerprint density at radius 2 is 2.19 bits per heavy atom. The molecule has 0 spiro atoms. The highest BCUT2D eigenvalue weighted by Crippen LogP contribution is 2.07. The first-order valence-corrected chi connectivity index (χ1v) is 6.74. The van der Waals surface area contributed by atoms with Crippen LogP contribution in [0.2, 0.25) is 0 Å². The van der Waals surface area contributed by atoms with Crippen LogP contribution >= 0.6 is 0 Å². The molecule has 0 aromatic carbocycles. The van der Waals surface area contributed by atoms with Gasteiger partial charge in [-0.1, -0.05) is 13.0 Å². The van der Waals surface area contributed by atoms with Gasteiger partial charge in [-0.05, 0) is 25.6 Å². The Morgan fingerprint density at radius 1 is 1.44 bits per heavy atom. The minimum Gasteiger partial charge on any atom is -0.316 e. The first-order valence-electron chi connectivity index (χ1n) is 5.19. The smallest absolute Gasteiger partial charge is 0.237 e. The summed E-state index contributed by atoms with van der Waals surface area (Å²) in [5, 5.41) is 2.51. The summed E-state index contributed by atoms with van der Waals surface area (Å²) in [7, 11) is -3.36. The maximum absolute atomic E-state index is 11.8. The summed E-state index contributed by atoms with van der Waals surface area (Å²) in [6.07, 6.45) is 1.55. The Kier molecular flexibility index (Phi) is 4.70. The first kappa shape index (κ1) is 12.9. The number of hydrogen-bond acceptors (Lipinski definition) is 4. The third-order valence-corrected chi connectivity index (χ3v) is 3.84. The highest BCUT2D eigenvalue weighted by Gasteiger charge is 2.20. The van der Waals surface area contributed by atoms with Gasteiger partial charge in [0.15, 0.2) is 0 Å². The molecule has 1 atom stereocenters. The third-order valence-electron chi connectivity index (χ3n) is 2.12. The molecule has 16 heavy (non-hydrogen) atoms. The highest BCUT2D eigenvalue weighted by molar-refractivity contribution is 7.93. The van der Waals surface area contributed by atoms with Crippen LogP contribution < -0.4 is 10.0 Å². The lowest BCUT2D eigenvalue weighted by Gasteiger charge is -2.14. The molecule has 1 aromatic heterocycles. The molecule has 0 saturated carbocycles. The zero-order valence-electron chi connectivity index (χ0n) is 9.47. The molecule has 0 saturated heterocycles. The summed E-state index contributed by atoms with van der Waals surface area (Å²) in [5.74, 6) is 0.353. The molecule has 5 nitrogen and oxygen atoms in total. The number of sulfonamides is 1. The molecular weight excluding hydrogens is 226 g/mol. The largest absolute Gasteiger partial charge is 0.316 e. The second kappa shape index (κ2) is 5.81. The SMILES string of the molecule is CCNCC(C)S(=O)(=O)Nc1ccccn1. The summed E-state index contributed by atoms with van der Waals surface area (Å²) in [5.41, 5.74) is 0. The van der Waals surface area contributed by atoms with Crippen molar-refractivity contribution in [2.45, 2.75) is 19.1 Å². The predicted octanol–water partition coefficient (Wildman–Crippen LogP) is 0.821. The number of pyridine rings is 1. The molecular formula is C10H17N3O2S. The zero-order valence-corrected chi connectivity index (χ0v) is 10.3. The Labute approximate surface area is 96.3 Å². The maximum Gasteiger partial charge on any atom is 0.237 e. The molecule has 0 aliphatic carbocycles. The van der Waals surface area contributed by atoms with Crippen LogP contribution in [0.3, 0.4) is 0 Å². The van der Waals surface area contributed by atoms with Crippen molar-refractivity contribution in [3.8, 4) is 0 Å². The van der Waals surface area contributed by atoms with Gasteiger partial charge in [-0.25, -0.2) is 13.4 Å². The number of hydrogen-bond donors (Lipinski definition) is 2. The molecule has 0 amide bonds. The molecule has 0 bridgehead atoms. The molecule has 0 aliphatic rings. The van der Waals surface area contributed by atoms with E-state index in [2.05, 4.69) is 15.0 Å². The molecule has 0 radical (unpaired) electrons. The van der Waals surface area contributed by atoms with Gasteiger partial charge in [0.05, 0.1) is 5.25 Å². The zero-order chi connectivity index (χ0) is 12.0. The molecule has 90 valence electrons. The van der Waals surface area contributed by atoms with Crippen LogP contribution in [-0.2, 0) is 10.0 Å². The Hall–Kier alpha value is -1.14. The monoisotopic (exact) mass is 243 g/mol. The minimum absolute atomic E-state index is 0.353. The van der Waals surface area contributed by atoms with Crippen molar-refractivity contribution < 1.29 is 8.42 Å². The fourth-order valence-corrected chi connectivity index (χ4v) is 2.08. The number of nitrogens with one attached hydrogen (secondary N) is 2. The highest BCUT2D eigenvalue weighted by atomic mass is 32.2. The van der Waals surface area contributed by atoms with Crippen molar-refractivity contribution in [1.29, 1.82) is 0 Å². The number of nitrogens with zero attached hydrogens (tertiary/aromatic N) is 1. The van der Waals surface area contributed by atoms with E-state index < -0.39 is 15.3 Å². The van der Waals surface area contributed by atoms with Gasteiger partial charge < -0.3 is 5.32 Å². The fraction of sp³-hybridized carbons (Fsp3) is 0.500. The van der Waals surface area contributed by atoms with Gasteiger partial charge in [-0.15, -0.1) is 0 Å². The van der Waals surface area contributed by atoms with Gasteiger partial charge in [-0.3, -0.25) is 4.72 Å². The van der Waals surface area contributed by atoms with Crippen LogP contribution in [-0.4, -0.2) is 31.7 Å². The van der Waals surface area contributed by atoms with Crippen molar-refractivity contribution in [2.24, 2.45) is 0 Å². The molecule has 1 unspecified atom stereocenters. The van der Waals surface area contributed by atoms with Gasteiger partial charge in [0.2, 0.25) is 10.0 Å². The molecule has 1 aromatic rings. The van der Waals surface area contributed by atoms with Crippen LogP contribution in [0.25, 0.3) is 0 Å². The van der Waals surface area contributed by atoms with E-state index in [0.29, 0.717) is 12.4 Å². The van der Waals surface area contributed by atoms with Crippen molar-refractivity contribution in [2.75, 3.05) is 17.8 Å². The first-order chi connectivity index (χ1) is 7.56. The normalized spacial score (nSPS) is 13.4. The quantitative estimate of drug-likeness (QED) is 0.776. The number of aromatic nitrogens is 1. The second-order valence-electron chi connectivity index (χ2n) is 3.48. The minimum atomic E-state index is -3.36. The van der Waals surface area contributed by atoms with Crippen LogP contribution in [0, 0.1) is 0 Å². The van der Waals surface area contributed by atoms with Gasteiger partial charge >= 0.3 is 0 Å². The lowest BCUT2D eigenvalue weighted by molar-refractivity contribution is 0.579. The van der Waals surface area contributed by atoms with E-state index in [-0.39, 0.29) is 0 Å². The van der Waals surface area contributed by atoms with E-state index in [1.807, 2.05) is 6.92 Å². The Morgan fingerprint density at radius 3 is 2.75 bits per heavy atom. The van der Waals surface area contributed by atoms with Crippen molar-refractivity contribution in [1.82, 2.24) is 10.3 Å². The lowest BCUT2D eigenvalue weighted by atomic mass is 10.5. The van der Waals surface area contributed by atoms with E-state index in [9.17, 15) is 8.42 Å². The summed E-state index contributed by atoms with van der Waals surface area (Å²) < 4.78 is 26.1. The molecule has 1 rings (SSSR count). The molecule has 0 aliphatic heterocycles. The summed E-state index contributed by atoms with van der Waals surface area (Å²) in [6.45, 7) is 4.78. The average Bonchev–Trinajstić information content (AvgIpc) is 2.26. The number of rotatable bonds is 6. The van der Waals surface area contributed by atoms with E-state index in [0.717, 1.165) is 6.54 Å². The molecule has 0 fully saturated rings. The van der Waals surface area contributed by atoms with Gasteiger partial charge in [-0.2, -0.15) is 0 Å². The standard InChI is InChI=1S/C10H17N3O2S/c1-3-11-8-9(2)16(14,15)13-10-6-4-5-7-12-10/h4-7,9,11H,3,8H2,1-2H3,(H,12,13). The molecule has 1 heterocycles. The predicted molar refractivity (Wildman–Crippen MR) is 64.8 cm³/mol. The van der Waals surface area contributed by atoms with Crippen molar-refractivity contribution in [3.63, 3.8) is 0 Å². The Bertz CT molecular complexity index is 405. The second-order valence-corrected chi connectivity index (χ2v) is 5.58. The lowest BCUT2D eigenvalue weighted by Crippen LogP contribution is -2.34. The van der Waals surface area contributed by atoms with Crippen molar-refractivity contribution >= 4 is 15.8 Å². The summed E-state index contributed by atoms with van der Waals surface area (Å²) in [4.78, 5) is 3.92. The van der Waals surface area contributed by atoms with Crippen LogP contribution in [0.4, 0.5) is 5.82 Å². The van der Waals surface area contributed by atoms with Crippen LogP contribution in [0.1, 0.15) is 13.8 Å². The Balaban J connectivity index is 2.65. The van der Waals surface area contributed by atoms with Crippen LogP contribution in [0.15, 0.2) is 24.4 Å². The van der Waals surface area contributed by atoms with Crippen molar-refractivity contribution in [3.05, 3.63) is 24.4 Å². The molecule has 6 heteroatoms. The summed E-state index contributed by atoms with van der Waals surface area (Å²) in [6, 6.07) is 5.09. The van der Waals surface area contributed by atoms with E-state index in [1.165, 1.54) is 0 Å². The average molecular weight is 243 g/mol.